The second-order valence-corrected chi connectivity index (χ2v) is 6.67. The van der Waals surface area contributed by atoms with E-state index >= 15 is 0 Å². The number of carbonyl (C=O) groups excluding carboxylic acids is 1. The lowest BCUT2D eigenvalue weighted by molar-refractivity contribution is -0.120. The molecule has 4 heteroatoms. The number of hydrogen-bond donors (Lipinski definition) is 2. The molecule has 19 heavy (non-hydrogen) atoms. The Kier molecular flexibility index (Phi) is 6.38. The minimum absolute atomic E-state index is 0.0191. The van der Waals surface area contributed by atoms with Gasteiger partial charge < -0.3 is 11.1 Å². The molecule has 0 fully saturated rings. The molecule has 0 spiro atoms. The summed E-state index contributed by atoms with van der Waals surface area (Å²) in [7, 11) is 0. The first-order valence-electron chi connectivity index (χ1n) is 6.70. The van der Waals surface area contributed by atoms with E-state index in [1.165, 1.54) is 0 Å². The lowest BCUT2D eigenvalue weighted by Crippen LogP contribution is -2.33. The molecule has 1 aromatic carbocycles. The van der Waals surface area contributed by atoms with Gasteiger partial charge >= 0.3 is 0 Å². The predicted octanol–water partition coefficient (Wildman–Crippen LogP) is 2.96. The van der Waals surface area contributed by atoms with E-state index in [4.69, 9.17) is 5.73 Å². The standard InChI is InChI=1S/C15H24N2OS/c1-10(2)9-17-15(18)12(4)19-14-7-5-6-13(8-14)11(3)16/h5-8,10-12H,9,16H2,1-4H3,(H,17,18). The molecule has 3 nitrogen and oxygen atoms in total. The summed E-state index contributed by atoms with van der Waals surface area (Å²) in [4.78, 5) is 13.0. The summed E-state index contributed by atoms with van der Waals surface area (Å²) in [6.07, 6.45) is 0. The largest absolute Gasteiger partial charge is 0.355 e. The maximum Gasteiger partial charge on any atom is 0.233 e. The van der Waals surface area contributed by atoms with E-state index in [0.29, 0.717) is 5.92 Å². The van der Waals surface area contributed by atoms with Crippen molar-refractivity contribution < 1.29 is 4.79 Å². The van der Waals surface area contributed by atoms with Gasteiger partial charge in [-0.3, -0.25) is 4.79 Å². The summed E-state index contributed by atoms with van der Waals surface area (Å²) in [5, 5.41) is 2.86. The molecule has 106 valence electrons. The smallest absolute Gasteiger partial charge is 0.233 e. The van der Waals surface area contributed by atoms with Crippen LogP contribution in [0.3, 0.4) is 0 Å². The number of thioether (sulfide) groups is 1. The van der Waals surface area contributed by atoms with Crippen molar-refractivity contribution in [1.29, 1.82) is 0 Å². The van der Waals surface area contributed by atoms with E-state index < -0.39 is 0 Å². The Bertz CT molecular complexity index is 418. The molecule has 1 rings (SSSR count). The fourth-order valence-corrected chi connectivity index (χ4v) is 2.54. The summed E-state index contributed by atoms with van der Waals surface area (Å²) >= 11 is 1.57. The van der Waals surface area contributed by atoms with Crippen LogP contribution in [-0.4, -0.2) is 17.7 Å². The topological polar surface area (TPSA) is 55.1 Å². The SMILES string of the molecule is CC(C)CNC(=O)C(C)Sc1cccc(C(C)N)c1. The Hall–Kier alpha value is -1.00. The highest BCUT2D eigenvalue weighted by atomic mass is 32.2. The minimum Gasteiger partial charge on any atom is -0.355 e. The minimum atomic E-state index is -0.0953. The maximum absolute atomic E-state index is 11.9. The lowest BCUT2D eigenvalue weighted by Gasteiger charge is -2.14. The number of hydrogen-bond acceptors (Lipinski definition) is 3. The van der Waals surface area contributed by atoms with Gasteiger partial charge in [-0.05, 0) is 37.5 Å². The Morgan fingerprint density at radius 2 is 2.00 bits per heavy atom. The predicted molar refractivity (Wildman–Crippen MR) is 82.2 cm³/mol. The van der Waals surface area contributed by atoms with Gasteiger partial charge in [-0.2, -0.15) is 0 Å². The Morgan fingerprint density at radius 1 is 1.32 bits per heavy atom. The first kappa shape index (κ1) is 16.1. The number of rotatable bonds is 6. The summed E-state index contributed by atoms with van der Waals surface area (Å²) < 4.78 is 0. The zero-order valence-corrected chi connectivity index (χ0v) is 13.0. The average Bonchev–Trinajstić information content (AvgIpc) is 2.36. The third kappa shape index (κ3) is 5.66. The second-order valence-electron chi connectivity index (χ2n) is 5.26. The lowest BCUT2D eigenvalue weighted by atomic mass is 10.1. The van der Waals surface area contributed by atoms with Crippen molar-refractivity contribution in [1.82, 2.24) is 5.32 Å². The summed E-state index contributed by atoms with van der Waals surface area (Å²) in [5.74, 6) is 0.562. The zero-order chi connectivity index (χ0) is 14.4. The molecule has 0 aliphatic carbocycles. The van der Waals surface area contributed by atoms with Gasteiger partial charge in [-0.1, -0.05) is 26.0 Å². The average molecular weight is 280 g/mol. The number of amides is 1. The van der Waals surface area contributed by atoms with Crippen LogP contribution in [0.2, 0.25) is 0 Å². The molecule has 0 aliphatic heterocycles. The van der Waals surface area contributed by atoms with Crippen molar-refractivity contribution in [3.05, 3.63) is 29.8 Å². The van der Waals surface area contributed by atoms with Crippen molar-refractivity contribution in [3.8, 4) is 0 Å². The normalized spacial score (nSPS) is 14.2. The summed E-state index contributed by atoms with van der Waals surface area (Å²) in [5.41, 5.74) is 6.96. The van der Waals surface area contributed by atoms with Crippen molar-refractivity contribution in [2.24, 2.45) is 11.7 Å². The van der Waals surface area contributed by atoms with Crippen LogP contribution in [0.15, 0.2) is 29.2 Å². The van der Waals surface area contributed by atoms with E-state index in [0.717, 1.165) is 17.0 Å². The molecule has 0 saturated carbocycles. The van der Waals surface area contributed by atoms with Crippen LogP contribution in [0.4, 0.5) is 0 Å². The summed E-state index contributed by atoms with van der Waals surface area (Å²) in [6, 6.07) is 8.09. The highest BCUT2D eigenvalue weighted by Crippen LogP contribution is 2.25. The van der Waals surface area contributed by atoms with Crippen LogP contribution in [0, 0.1) is 5.92 Å². The molecule has 1 aromatic rings. The quantitative estimate of drug-likeness (QED) is 0.788. The summed E-state index contributed by atoms with van der Waals surface area (Å²) in [6.45, 7) is 8.79. The van der Waals surface area contributed by atoms with E-state index in [1.807, 2.05) is 32.0 Å². The second kappa shape index (κ2) is 7.56. The molecule has 2 unspecified atom stereocenters. The third-order valence-corrected chi connectivity index (χ3v) is 3.84. The van der Waals surface area contributed by atoms with Crippen molar-refractivity contribution in [2.75, 3.05) is 6.54 Å². The fraction of sp³-hybridized carbons (Fsp3) is 0.533. The zero-order valence-electron chi connectivity index (χ0n) is 12.1. The van der Waals surface area contributed by atoms with Crippen molar-refractivity contribution in [2.45, 2.75) is 43.9 Å². The maximum atomic E-state index is 11.9. The molecule has 0 radical (unpaired) electrons. The molecule has 2 atom stereocenters. The van der Waals surface area contributed by atoms with Gasteiger partial charge in [-0.25, -0.2) is 0 Å². The first-order chi connectivity index (χ1) is 8.90. The monoisotopic (exact) mass is 280 g/mol. The van der Waals surface area contributed by atoms with Crippen LogP contribution in [0.1, 0.15) is 39.3 Å². The van der Waals surface area contributed by atoms with E-state index in [-0.39, 0.29) is 17.2 Å². The van der Waals surface area contributed by atoms with E-state index in [2.05, 4.69) is 25.2 Å². The number of benzene rings is 1. The van der Waals surface area contributed by atoms with E-state index in [1.54, 1.807) is 11.8 Å². The molecular weight excluding hydrogens is 256 g/mol. The fourth-order valence-electron chi connectivity index (χ4n) is 1.58. The molecule has 1 amide bonds. The number of nitrogens with one attached hydrogen (secondary N) is 1. The highest BCUT2D eigenvalue weighted by Gasteiger charge is 2.14. The van der Waals surface area contributed by atoms with Gasteiger partial charge in [0.1, 0.15) is 0 Å². The van der Waals surface area contributed by atoms with Crippen LogP contribution >= 0.6 is 11.8 Å². The molecule has 0 heterocycles. The van der Waals surface area contributed by atoms with Gasteiger partial charge in [0.25, 0.3) is 0 Å². The Morgan fingerprint density at radius 3 is 2.58 bits per heavy atom. The molecule has 0 bridgehead atoms. The van der Waals surface area contributed by atoms with Crippen molar-refractivity contribution in [3.63, 3.8) is 0 Å². The molecule has 0 aromatic heterocycles. The van der Waals surface area contributed by atoms with Gasteiger partial charge in [0.05, 0.1) is 5.25 Å². The molecule has 3 N–H and O–H groups in total. The number of nitrogens with two attached hydrogens (primary N) is 1. The van der Waals surface area contributed by atoms with Gasteiger partial charge in [-0.15, -0.1) is 11.8 Å². The van der Waals surface area contributed by atoms with Gasteiger partial charge in [0.2, 0.25) is 5.91 Å². The van der Waals surface area contributed by atoms with Crippen LogP contribution in [0.25, 0.3) is 0 Å². The van der Waals surface area contributed by atoms with Crippen LogP contribution in [-0.2, 0) is 4.79 Å². The van der Waals surface area contributed by atoms with E-state index in [9.17, 15) is 4.79 Å². The first-order valence-corrected chi connectivity index (χ1v) is 7.58. The van der Waals surface area contributed by atoms with Gasteiger partial charge in [0, 0.05) is 17.5 Å². The molecule has 0 saturated heterocycles. The molecular formula is C15H24N2OS. The van der Waals surface area contributed by atoms with Crippen LogP contribution in [0.5, 0.6) is 0 Å². The molecule has 0 aliphatic rings. The Balaban J connectivity index is 2.58. The highest BCUT2D eigenvalue weighted by molar-refractivity contribution is 8.00. The van der Waals surface area contributed by atoms with Crippen LogP contribution < -0.4 is 11.1 Å². The number of carbonyl (C=O) groups is 1. The third-order valence-electron chi connectivity index (χ3n) is 2.75. The van der Waals surface area contributed by atoms with Gasteiger partial charge in [0.15, 0.2) is 0 Å². The Labute approximate surface area is 120 Å². The van der Waals surface area contributed by atoms with Crippen molar-refractivity contribution >= 4 is 17.7 Å².